The largest absolute Gasteiger partial charge is 0.463 e. The number of carbonyl (C=O) groups excluding carboxylic acids is 1. The zero-order valence-corrected chi connectivity index (χ0v) is 10.6. The van der Waals surface area contributed by atoms with Crippen molar-refractivity contribution in [3.8, 4) is 11.5 Å². The predicted molar refractivity (Wildman–Crippen MR) is 68.1 cm³/mol. The highest BCUT2D eigenvalue weighted by molar-refractivity contribution is 5.93. The highest BCUT2D eigenvalue weighted by Crippen LogP contribution is 2.17. The Bertz CT molecular complexity index is 500. The number of H-pyrrole nitrogens is 1. The number of carbonyl (C=O) groups is 1. The summed E-state index contributed by atoms with van der Waals surface area (Å²) >= 11 is 0. The number of rotatable bonds is 5. The molecule has 0 aliphatic heterocycles. The van der Waals surface area contributed by atoms with Crippen LogP contribution in [0.3, 0.4) is 0 Å². The first-order valence-electron chi connectivity index (χ1n) is 6.04. The minimum Gasteiger partial charge on any atom is -0.463 e. The summed E-state index contributed by atoms with van der Waals surface area (Å²) in [7, 11) is 0. The molecule has 0 aliphatic carbocycles. The van der Waals surface area contributed by atoms with E-state index < -0.39 is 0 Å². The smallest absolute Gasteiger partial charge is 0.271 e. The second-order valence-corrected chi connectivity index (χ2v) is 4.58. The van der Waals surface area contributed by atoms with E-state index in [0.29, 0.717) is 29.6 Å². The van der Waals surface area contributed by atoms with Crippen molar-refractivity contribution in [3.05, 3.63) is 30.2 Å². The highest BCUT2D eigenvalue weighted by atomic mass is 16.3. The van der Waals surface area contributed by atoms with Crippen LogP contribution in [0.2, 0.25) is 0 Å². The fraction of sp³-hybridized carbons (Fsp3) is 0.385. The molecular weight excluding hydrogens is 230 g/mol. The Labute approximate surface area is 106 Å². The third kappa shape index (κ3) is 3.00. The molecule has 96 valence electrons. The van der Waals surface area contributed by atoms with Gasteiger partial charge in [0.05, 0.1) is 6.26 Å². The Morgan fingerprint density at radius 2 is 2.39 bits per heavy atom. The molecule has 0 fully saturated rings. The van der Waals surface area contributed by atoms with Gasteiger partial charge in [0.2, 0.25) is 0 Å². The summed E-state index contributed by atoms with van der Waals surface area (Å²) in [5.41, 5.74) is 1.08. The zero-order valence-electron chi connectivity index (χ0n) is 10.6. The molecule has 2 aromatic rings. The maximum atomic E-state index is 11.8. The second-order valence-electron chi connectivity index (χ2n) is 4.58. The van der Waals surface area contributed by atoms with Gasteiger partial charge < -0.3 is 9.73 Å². The molecule has 0 aliphatic rings. The zero-order chi connectivity index (χ0) is 13.0. The van der Waals surface area contributed by atoms with E-state index in [4.69, 9.17) is 4.42 Å². The topological polar surface area (TPSA) is 70.9 Å². The Balaban J connectivity index is 1.95. The van der Waals surface area contributed by atoms with E-state index in [9.17, 15) is 4.79 Å². The molecule has 5 heteroatoms. The van der Waals surface area contributed by atoms with E-state index in [0.717, 1.165) is 6.42 Å². The van der Waals surface area contributed by atoms with Gasteiger partial charge in [0.25, 0.3) is 5.91 Å². The van der Waals surface area contributed by atoms with Crippen molar-refractivity contribution < 1.29 is 9.21 Å². The van der Waals surface area contributed by atoms with Crippen LogP contribution in [0.1, 0.15) is 30.8 Å². The lowest BCUT2D eigenvalue weighted by Crippen LogP contribution is -2.25. The molecule has 0 radical (unpaired) electrons. The van der Waals surface area contributed by atoms with Crippen LogP contribution < -0.4 is 5.32 Å². The van der Waals surface area contributed by atoms with Crippen molar-refractivity contribution in [1.29, 1.82) is 0 Å². The molecule has 2 N–H and O–H groups in total. The van der Waals surface area contributed by atoms with Gasteiger partial charge in [-0.25, -0.2) is 0 Å². The number of nitrogens with zero attached hydrogens (tertiary/aromatic N) is 1. The highest BCUT2D eigenvalue weighted by Gasteiger charge is 2.12. The van der Waals surface area contributed by atoms with E-state index >= 15 is 0 Å². The van der Waals surface area contributed by atoms with Crippen LogP contribution >= 0.6 is 0 Å². The molecule has 1 amide bonds. The fourth-order valence-electron chi connectivity index (χ4n) is 1.56. The Morgan fingerprint density at radius 3 is 3.06 bits per heavy atom. The van der Waals surface area contributed by atoms with Crippen molar-refractivity contribution in [2.75, 3.05) is 6.54 Å². The molecule has 2 rings (SSSR count). The van der Waals surface area contributed by atoms with E-state index in [1.54, 1.807) is 18.4 Å². The quantitative estimate of drug-likeness (QED) is 0.852. The number of aromatic nitrogens is 2. The molecule has 0 unspecified atom stereocenters. The first-order chi connectivity index (χ1) is 8.66. The molecule has 0 aromatic carbocycles. The monoisotopic (exact) mass is 247 g/mol. The lowest BCUT2D eigenvalue weighted by atomic mass is 10.1. The molecule has 0 saturated carbocycles. The number of aromatic amines is 1. The minimum absolute atomic E-state index is 0.162. The number of amides is 1. The van der Waals surface area contributed by atoms with Crippen molar-refractivity contribution in [3.63, 3.8) is 0 Å². The maximum absolute atomic E-state index is 11.8. The average Bonchev–Trinajstić information content (AvgIpc) is 2.99. The predicted octanol–water partition coefficient (Wildman–Crippen LogP) is 2.45. The standard InChI is InChI=1S/C13H17N3O2/c1-9(2)5-6-14-13(17)11-8-10(15-16-11)12-4-3-7-18-12/h3-4,7-9H,5-6H2,1-2H3,(H,14,17)(H,15,16). The Morgan fingerprint density at radius 1 is 1.56 bits per heavy atom. The summed E-state index contributed by atoms with van der Waals surface area (Å²) in [6.07, 6.45) is 2.54. The van der Waals surface area contributed by atoms with Crippen LogP contribution in [0.4, 0.5) is 0 Å². The molecule has 0 bridgehead atoms. The van der Waals surface area contributed by atoms with Gasteiger partial charge in [0.15, 0.2) is 11.5 Å². The summed E-state index contributed by atoms with van der Waals surface area (Å²) in [4.78, 5) is 11.8. The van der Waals surface area contributed by atoms with Crippen LogP contribution in [0, 0.1) is 5.92 Å². The molecular formula is C13H17N3O2. The average molecular weight is 247 g/mol. The van der Waals surface area contributed by atoms with Gasteiger partial charge in [-0.3, -0.25) is 9.89 Å². The van der Waals surface area contributed by atoms with Crippen LogP contribution in [-0.4, -0.2) is 22.6 Å². The van der Waals surface area contributed by atoms with Crippen molar-refractivity contribution >= 4 is 5.91 Å². The number of hydrogen-bond acceptors (Lipinski definition) is 3. The third-order valence-electron chi connectivity index (χ3n) is 2.60. The normalized spacial score (nSPS) is 10.8. The van der Waals surface area contributed by atoms with Gasteiger partial charge in [-0.2, -0.15) is 5.10 Å². The first-order valence-corrected chi connectivity index (χ1v) is 6.04. The molecule has 0 atom stereocenters. The van der Waals surface area contributed by atoms with Gasteiger partial charge in [0, 0.05) is 12.6 Å². The SMILES string of the molecule is CC(C)CCNC(=O)c1cc(-c2ccco2)[nH]n1. The summed E-state index contributed by atoms with van der Waals surface area (Å²) in [6, 6.07) is 5.29. The van der Waals surface area contributed by atoms with Crippen LogP contribution in [0.25, 0.3) is 11.5 Å². The van der Waals surface area contributed by atoms with Gasteiger partial charge in [-0.05, 0) is 24.5 Å². The lowest BCUT2D eigenvalue weighted by molar-refractivity contribution is 0.0947. The first kappa shape index (κ1) is 12.4. The van der Waals surface area contributed by atoms with E-state index in [2.05, 4.69) is 29.4 Å². The minimum atomic E-state index is -0.162. The summed E-state index contributed by atoms with van der Waals surface area (Å²) in [5, 5.41) is 9.59. The van der Waals surface area contributed by atoms with Crippen molar-refractivity contribution in [2.45, 2.75) is 20.3 Å². The molecule has 18 heavy (non-hydrogen) atoms. The van der Waals surface area contributed by atoms with Gasteiger partial charge in [-0.15, -0.1) is 0 Å². The molecule has 0 spiro atoms. The van der Waals surface area contributed by atoms with E-state index in [1.807, 2.05) is 6.07 Å². The molecule has 2 aromatic heterocycles. The van der Waals surface area contributed by atoms with Gasteiger partial charge in [0.1, 0.15) is 5.69 Å². The molecule has 5 nitrogen and oxygen atoms in total. The van der Waals surface area contributed by atoms with E-state index in [1.165, 1.54) is 0 Å². The van der Waals surface area contributed by atoms with Gasteiger partial charge in [-0.1, -0.05) is 13.8 Å². The van der Waals surface area contributed by atoms with Gasteiger partial charge >= 0.3 is 0 Å². The lowest BCUT2D eigenvalue weighted by Gasteiger charge is -2.04. The summed E-state index contributed by atoms with van der Waals surface area (Å²) < 4.78 is 5.22. The summed E-state index contributed by atoms with van der Waals surface area (Å²) in [6.45, 7) is 4.91. The Hall–Kier alpha value is -2.04. The van der Waals surface area contributed by atoms with Crippen LogP contribution in [0.5, 0.6) is 0 Å². The van der Waals surface area contributed by atoms with Crippen LogP contribution in [0.15, 0.2) is 28.9 Å². The van der Waals surface area contributed by atoms with Crippen LogP contribution in [-0.2, 0) is 0 Å². The Kier molecular flexibility index (Phi) is 3.82. The van der Waals surface area contributed by atoms with Crippen molar-refractivity contribution in [2.24, 2.45) is 5.92 Å². The van der Waals surface area contributed by atoms with Crippen molar-refractivity contribution in [1.82, 2.24) is 15.5 Å². The fourth-order valence-corrected chi connectivity index (χ4v) is 1.56. The number of nitrogens with one attached hydrogen (secondary N) is 2. The summed E-state index contributed by atoms with van der Waals surface area (Å²) in [5.74, 6) is 1.08. The van der Waals surface area contributed by atoms with E-state index in [-0.39, 0.29) is 5.91 Å². The molecule has 0 saturated heterocycles. The maximum Gasteiger partial charge on any atom is 0.271 e. The third-order valence-corrected chi connectivity index (χ3v) is 2.60. The number of furan rings is 1. The molecule has 2 heterocycles. The number of hydrogen-bond donors (Lipinski definition) is 2. The second kappa shape index (κ2) is 5.53.